The highest BCUT2D eigenvalue weighted by Crippen LogP contribution is 2.42. The summed E-state index contributed by atoms with van der Waals surface area (Å²) < 4.78 is 33.9. The minimum atomic E-state index is -3.53. The Kier molecular flexibility index (Phi) is 4.48. The van der Waals surface area contributed by atoms with E-state index in [9.17, 15) is 8.42 Å². The van der Waals surface area contributed by atoms with Crippen LogP contribution in [0.15, 0.2) is 12.2 Å². The Morgan fingerprint density at radius 1 is 1.33 bits per heavy atom. The zero-order valence-electron chi connectivity index (χ0n) is 12.1. The number of allylic oxidation sites excluding steroid dienone is 1. The van der Waals surface area contributed by atoms with Crippen molar-refractivity contribution in [2.24, 2.45) is 11.3 Å². The fourth-order valence-electron chi connectivity index (χ4n) is 2.12. The molecular weight excluding hydrogens is 268 g/mol. The van der Waals surface area contributed by atoms with Gasteiger partial charge in [0.05, 0.1) is 6.26 Å². The van der Waals surface area contributed by atoms with Gasteiger partial charge in [-0.05, 0) is 30.5 Å². The van der Waals surface area contributed by atoms with Crippen LogP contribution in [0, 0.1) is 11.3 Å². The molecule has 0 spiro atoms. The summed E-state index contributed by atoms with van der Waals surface area (Å²) in [6.07, 6.45) is 5.42. The molecule has 0 fully saturated rings. The molecule has 106 valence electrons. The molecule has 2 atom stereocenters. The standard InChI is InChI=1S/C12H24O4SSi/c1-11(2,3)10-7-8-12(9-10,16-18(5)6)15-17(4,13)14/h7-8,10,18H,9H2,1-6H3/t10-,12-/m1/s1. The molecule has 0 heterocycles. The molecule has 1 aliphatic carbocycles. The zero-order chi connectivity index (χ0) is 14.2. The molecule has 0 unspecified atom stereocenters. The fraction of sp³-hybridized carbons (Fsp3) is 0.833. The van der Waals surface area contributed by atoms with E-state index in [4.69, 9.17) is 8.61 Å². The van der Waals surface area contributed by atoms with Gasteiger partial charge in [-0.15, -0.1) is 0 Å². The van der Waals surface area contributed by atoms with E-state index in [1.807, 2.05) is 19.2 Å². The highest BCUT2D eigenvalue weighted by Gasteiger charge is 2.43. The minimum Gasteiger partial charge on any atom is -0.390 e. The lowest BCUT2D eigenvalue weighted by Gasteiger charge is -2.33. The lowest BCUT2D eigenvalue weighted by Crippen LogP contribution is -2.39. The molecule has 0 saturated heterocycles. The molecule has 18 heavy (non-hydrogen) atoms. The number of hydrogen-bond acceptors (Lipinski definition) is 4. The molecular formula is C12H24O4SSi. The Morgan fingerprint density at radius 2 is 1.89 bits per heavy atom. The Morgan fingerprint density at radius 3 is 2.22 bits per heavy atom. The van der Waals surface area contributed by atoms with E-state index < -0.39 is 24.9 Å². The summed E-state index contributed by atoms with van der Waals surface area (Å²) in [6.45, 7) is 10.4. The van der Waals surface area contributed by atoms with Crippen molar-refractivity contribution >= 4 is 19.2 Å². The molecule has 0 radical (unpaired) electrons. The number of rotatable bonds is 4. The monoisotopic (exact) mass is 292 g/mol. The van der Waals surface area contributed by atoms with Gasteiger partial charge in [0, 0.05) is 6.42 Å². The van der Waals surface area contributed by atoms with E-state index in [-0.39, 0.29) is 11.3 Å². The van der Waals surface area contributed by atoms with Crippen molar-refractivity contribution in [2.75, 3.05) is 6.26 Å². The maximum absolute atomic E-state index is 11.4. The smallest absolute Gasteiger partial charge is 0.267 e. The fourth-order valence-corrected chi connectivity index (χ4v) is 3.89. The third-order valence-corrected chi connectivity index (χ3v) is 4.38. The van der Waals surface area contributed by atoms with Gasteiger partial charge < -0.3 is 4.43 Å². The topological polar surface area (TPSA) is 52.6 Å². The Balaban J connectivity index is 2.94. The summed E-state index contributed by atoms with van der Waals surface area (Å²) in [4.78, 5) is 0. The first-order valence-corrected chi connectivity index (χ1v) is 10.8. The first-order chi connectivity index (χ1) is 7.94. The van der Waals surface area contributed by atoms with Gasteiger partial charge in [-0.3, -0.25) is 0 Å². The Bertz CT molecular complexity index is 422. The van der Waals surface area contributed by atoms with Crippen LogP contribution >= 0.6 is 0 Å². The summed E-state index contributed by atoms with van der Waals surface area (Å²) >= 11 is 0. The van der Waals surface area contributed by atoms with Gasteiger partial charge >= 0.3 is 0 Å². The van der Waals surface area contributed by atoms with E-state index in [2.05, 4.69) is 20.8 Å². The summed E-state index contributed by atoms with van der Waals surface area (Å²) in [6, 6.07) is 0. The van der Waals surface area contributed by atoms with Gasteiger partial charge in [-0.25, -0.2) is 4.18 Å². The molecule has 0 aromatic carbocycles. The van der Waals surface area contributed by atoms with E-state index in [1.165, 1.54) is 0 Å². The number of hydrogen-bond donors (Lipinski definition) is 0. The van der Waals surface area contributed by atoms with Crippen molar-refractivity contribution in [2.45, 2.75) is 46.1 Å². The van der Waals surface area contributed by atoms with Gasteiger partial charge in [0.15, 0.2) is 14.8 Å². The average Bonchev–Trinajstić information content (AvgIpc) is 2.42. The summed E-state index contributed by atoms with van der Waals surface area (Å²) in [5, 5.41) is 0. The molecule has 1 aliphatic rings. The second kappa shape index (κ2) is 5.07. The van der Waals surface area contributed by atoms with E-state index in [0.717, 1.165) is 6.26 Å². The van der Waals surface area contributed by atoms with Crippen LogP contribution in [0.2, 0.25) is 13.1 Å². The lowest BCUT2D eigenvalue weighted by atomic mass is 9.80. The largest absolute Gasteiger partial charge is 0.390 e. The van der Waals surface area contributed by atoms with Crippen LogP contribution in [0.25, 0.3) is 0 Å². The molecule has 0 amide bonds. The van der Waals surface area contributed by atoms with Gasteiger partial charge in [-0.1, -0.05) is 26.8 Å². The molecule has 4 nitrogen and oxygen atoms in total. The van der Waals surface area contributed by atoms with E-state index >= 15 is 0 Å². The van der Waals surface area contributed by atoms with Crippen molar-refractivity contribution in [3.05, 3.63) is 12.2 Å². The normalized spacial score (nSPS) is 29.2. The van der Waals surface area contributed by atoms with Crippen LogP contribution in [-0.4, -0.2) is 29.5 Å². The Hall–Kier alpha value is -0.173. The van der Waals surface area contributed by atoms with Crippen molar-refractivity contribution in [3.8, 4) is 0 Å². The second-order valence-corrected chi connectivity index (χ2v) is 10.2. The lowest BCUT2D eigenvalue weighted by molar-refractivity contribution is -0.0785. The van der Waals surface area contributed by atoms with Crippen LogP contribution in [0.5, 0.6) is 0 Å². The molecule has 0 aromatic heterocycles. The summed E-state index contributed by atoms with van der Waals surface area (Å²) in [5.41, 5.74) is 0.0704. The second-order valence-electron chi connectivity index (χ2n) is 6.30. The first-order valence-electron chi connectivity index (χ1n) is 6.21. The summed E-state index contributed by atoms with van der Waals surface area (Å²) in [5.74, 6) is -0.821. The maximum Gasteiger partial charge on any atom is 0.267 e. The van der Waals surface area contributed by atoms with Crippen LogP contribution < -0.4 is 0 Å². The molecule has 0 aliphatic heterocycles. The van der Waals surface area contributed by atoms with E-state index in [1.54, 1.807) is 6.08 Å². The third-order valence-electron chi connectivity index (χ3n) is 2.93. The van der Waals surface area contributed by atoms with Crippen LogP contribution in [0.4, 0.5) is 0 Å². The molecule has 0 N–H and O–H groups in total. The molecule has 0 saturated carbocycles. The van der Waals surface area contributed by atoms with Gasteiger partial charge in [-0.2, -0.15) is 8.42 Å². The average molecular weight is 292 g/mol. The van der Waals surface area contributed by atoms with Crippen LogP contribution in [-0.2, 0) is 18.7 Å². The highest BCUT2D eigenvalue weighted by molar-refractivity contribution is 7.86. The van der Waals surface area contributed by atoms with Crippen molar-refractivity contribution in [1.82, 2.24) is 0 Å². The Labute approximate surface area is 112 Å². The van der Waals surface area contributed by atoms with Crippen molar-refractivity contribution < 1.29 is 17.0 Å². The summed E-state index contributed by atoms with van der Waals surface area (Å²) in [7, 11) is -4.94. The van der Waals surface area contributed by atoms with E-state index in [0.29, 0.717) is 6.42 Å². The quantitative estimate of drug-likeness (QED) is 0.345. The van der Waals surface area contributed by atoms with Gasteiger partial charge in [0.1, 0.15) is 0 Å². The maximum atomic E-state index is 11.4. The predicted octanol–water partition coefficient (Wildman–Crippen LogP) is 2.28. The first kappa shape index (κ1) is 15.9. The zero-order valence-corrected chi connectivity index (χ0v) is 14.0. The van der Waals surface area contributed by atoms with Gasteiger partial charge in [0.25, 0.3) is 10.1 Å². The SMILES string of the molecule is C[SiH](C)O[C@]1(OS(C)(=O)=O)C=C[C@@H](C(C)(C)C)C1. The van der Waals surface area contributed by atoms with Crippen LogP contribution in [0.3, 0.4) is 0 Å². The highest BCUT2D eigenvalue weighted by atomic mass is 32.2. The third kappa shape index (κ3) is 4.49. The minimum absolute atomic E-state index is 0.0704. The van der Waals surface area contributed by atoms with Crippen LogP contribution in [0.1, 0.15) is 27.2 Å². The predicted molar refractivity (Wildman–Crippen MR) is 75.3 cm³/mol. The van der Waals surface area contributed by atoms with Gasteiger partial charge in [0.2, 0.25) is 0 Å². The molecule has 6 heteroatoms. The molecule has 1 rings (SSSR count). The molecule has 0 aromatic rings. The molecule has 0 bridgehead atoms. The van der Waals surface area contributed by atoms with Crippen molar-refractivity contribution in [3.63, 3.8) is 0 Å². The van der Waals surface area contributed by atoms with Crippen molar-refractivity contribution in [1.29, 1.82) is 0 Å².